The number of aromatic nitrogens is 1. The molecule has 0 aromatic carbocycles. The fourth-order valence-electron chi connectivity index (χ4n) is 3.36. The van der Waals surface area contributed by atoms with Crippen LogP contribution in [0.15, 0.2) is 18.3 Å². The Labute approximate surface area is 126 Å². The Morgan fingerprint density at radius 3 is 2.73 bits per heavy atom. The van der Waals surface area contributed by atoms with Gasteiger partial charge in [-0.15, -0.1) is 0 Å². The first-order valence-corrected chi connectivity index (χ1v) is 7.52. The smallest absolute Gasteiger partial charge is 0.393 e. The van der Waals surface area contributed by atoms with Crippen LogP contribution < -0.4 is 4.90 Å². The van der Waals surface area contributed by atoms with Crippen LogP contribution in [-0.2, 0) is 10.9 Å². The van der Waals surface area contributed by atoms with Crippen LogP contribution in [0.3, 0.4) is 0 Å². The third-order valence-electron chi connectivity index (χ3n) is 4.53. The van der Waals surface area contributed by atoms with Gasteiger partial charge in [0.25, 0.3) is 0 Å². The number of hydrogen-bond acceptors (Lipinski definition) is 4. The summed E-state index contributed by atoms with van der Waals surface area (Å²) in [7, 11) is 0. The molecule has 3 heterocycles. The fraction of sp³-hybridized carbons (Fsp3) is 0.667. The van der Waals surface area contributed by atoms with Gasteiger partial charge in [0.1, 0.15) is 5.82 Å². The molecule has 3 rings (SSSR count). The summed E-state index contributed by atoms with van der Waals surface area (Å²) in [4.78, 5) is 5.98. The predicted molar refractivity (Wildman–Crippen MR) is 74.5 cm³/mol. The molecule has 0 bridgehead atoms. The topological polar surface area (TPSA) is 45.6 Å². The molecule has 0 aliphatic carbocycles. The van der Waals surface area contributed by atoms with Gasteiger partial charge in [-0.1, -0.05) is 0 Å². The summed E-state index contributed by atoms with van der Waals surface area (Å²) < 4.78 is 43.3. The Morgan fingerprint density at radius 2 is 2.09 bits per heavy atom. The molecule has 3 atom stereocenters. The summed E-state index contributed by atoms with van der Waals surface area (Å²) in [5, 5.41) is 10.2. The van der Waals surface area contributed by atoms with Crippen molar-refractivity contribution in [2.24, 2.45) is 5.92 Å². The van der Waals surface area contributed by atoms with Crippen LogP contribution in [0.2, 0.25) is 0 Å². The third kappa shape index (κ3) is 3.05. The number of nitrogens with zero attached hydrogens (tertiary/aromatic N) is 2. The Hall–Kier alpha value is -1.34. The first-order chi connectivity index (χ1) is 10.5. The number of aliphatic hydroxyl groups excluding tert-OH is 1. The van der Waals surface area contributed by atoms with Gasteiger partial charge in [-0.3, -0.25) is 0 Å². The van der Waals surface area contributed by atoms with Crippen molar-refractivity contribution in [1.82, 2.24) is 4.98 Å². The maximum atomic E-state index is 12.6. The molecule has 22 heavy (non-hydrogen) atoms. The molecule has 2 fully saturated rings. The van der Waals surface area contributed by atoms with Crippen LogP contribution in [0.25, 0.3) is 0 Å². The average molecular weight is 316 g/mol. The van der Waals surface area contributed by atoms with Crippen LogP contribution in [0.1, 0.15) is 24.8 Å². The minimum atomic E-state index is -4.37. The molecule has 7 heteroatoms. The zero-order valence-electron chi connectivity index (χ0n) is 12.1. The lowest BCUT2D eigenvalue weighted by molar-refractivity contribution is -0.137. The number of aliphatic hydroxyl groups is 1. The number of pyridine rings is 1. The Morgan fingerprint density at radius 1 is 1.27 bits per heavy atom. The molecule has 1 aromatic rings. The highest BCUT2D eigenvalue weighted by molar-refractivity contribution is 5.42. The lowest BCUT2D eigenvalue weighted by Crippen LogP contribution is -2.46. The first kappa shape index (κ1) is 15.6. The molecule has 0 radical (unpaired) electrons. The van der Waals surface area contributed by atoms with Crippen LogP contribution in [0.5, 0.6) is 0 Å². The van der Waals surface area contributed by atoms with Gasteiger partial charge in [0.2, 0.25) is 0 Å². The Balaban J connectivity index is 1.78. The molecule has 0 amide bonds. The van der Waals surface area contributed by atoms with Crippen molar-refractivity contribution in [1.29, 1.82) is 0 Å². The average Bonchev–Trinajstić information content (AvgIpc) is 2.96. The molecule has 0 unspecified atom stereocenters. The van der Waals surface area contributed by atoms with E-state index < -0.39 is 17.8 Å². The summed E-state index contributed by atoms with van der Waals surface area (Å²) >= 11 is 0. The van der Waals surface area contributed by atoms with Crippen LogP contribution in [0, 0.1) is 5.92 Å². The van der Waals surface area contributed by atoms with Gasteiger partial charge in [-0.05, 0) is 31.4 Å². The van der Waals surface area contributed by atoms with E-state index in [4.69, 9.17) is 4.74 Å². The second kappa shape index (κ2) is 6.04. The molecule has 2 aliphatic rings. The maximum absolute atomic E-state index is 12.6. The van der Waals surface area contributed by atoms with Gasteiger partial charge in [0.15, 0.2) is 0 Å². The van der Waals surface area contributed by atoms with Gasteiger partial charge in [-0.25, -0.2) is 4.98 Å². The highest BCUT2D eigenvalue weighted by Crippen LogP contribution is 2.34. The van der Waals surface area contributed by atoms with E-state index >= 15 is 0 Å². The number of hydrogen-bond donors (Lipinski definition) is 1. The molecule has 1 N–H and O–H groups in total. The standard InChI is InChI=1S/C15H19F3N2O2/c16-15(17,18)10-3-4-14(19-8-10)20-6-1-2-12(20)11-9-22-7-5-13(11)21/h3-4,8,11-13,21H,1-2,5-7,9H2/t11-,12+,13-/m1/s1. The Kier molecular flexibility index (Phi) is 4.27. The van der Waals surface area contributed by atoms with E-state index in [1.54, 1.807) is 0 Å². The first-order valence-electron chi connectivity index (χ1n) is 7.52. The van der Waals surface area contributed by atoms with Crippen molar-refractivity contribution in [3.05, 3.63) is 23.9 Å². The monoisotopic (exact) mass is 316 g/mol. The van der Waals surface area contributed by atoms with E-state index in [2.05, 4.69) is 4.98 Å². The van der Waals surface area contributed by atoms with E-state index in [1.807, 2.05) is 4.90 Å². The Bertz CT molecular complexity index is 507. The largest absolute Gasteiger partial charge is 0.417 e. The number of anilines is 1. The zero-order valence-corrected chi connectivity index (χ0v) is 12.1. The molecule has 0 spiro atoms. The number of ether oxygens (including phenoxy) is 1. The minimum Gasteiger partial charge on any atom is -0.393 e. The van der Waals surface area contributed by atoms with Crippen LogP contribution >= 0.6 is 0 Å². The SMILES string of the molecule is O[C@@H]1CCOC[C@@H]1[C@@H]1CCCN1c1ccc(C(F)(F)F)cn1. The fourth-order valence-corrected chi connectivity index (χ4v) is 3.36. The lowest BCUT2D eigenvalue weighted by Gasteiger charge is -2.37. The number of halogens is 3. The van der Waals surface area contributed by atoms with Gasteiger partial charge >= 0.3 is 6.18 Å². The highest BCUT2D eigenvalue weighted by Gasteiger charge is 2.38. The summed E-state index contributed by atoms with van der Waals surface area (Å²) in [6.45, 7) is 1.79. The van der Waals surface area contributed by atoms with Gasteiger partial charge < -0.3 is 14.7 Å². The molecule has 2 saturated heterocycles. The summed E-state index contributed by atoms with van der Waals surface area (Å²) in [6, 6.07) is 2.54. The van der Waals surface area contributed by atoms with E-state index in [0.717, 1.165) is 31.6 Å². The van der Waals surface area contributed by atoms with Crippen molar-refractivity contribution in [3.8, 4) is 0 Å². The number of alkyl halides is 3. The van der Waals surface area contributed by atoms with E-state index in [9.17, 15) is 18.3 Å². The van der Waals surface area contributed by atoms with Gasteiger partial charge in [0.05, 0.1) is 18.3 Å². The summed E-state index contributed by atoms with van der Waals surface area (Å²) in [5.74, 6) is 0.522. The quantitative estimate of drug-likeness (QED) is 0.910. The van der Waals surface area contributed by atoms with Crippen molar-refractivity contribution in [3.63, 3.8) is 0 Å². The molecule has 0 saturated carbocycles. The van der Waals surface area contributed by atoms with Crippen molar-refractivity contribution in [2.45, 2.75) is 37.6 Å². The van der Waals surface area contributed by atoms with Crippen LogP contribution in [-0.4, -0.2) is 42.0 Å². The van der Waals surface area contributed by atoms with Gasteiger partial charge in [-0.2, -0.15) is 13.2 Å². The second-order valence-corrected chi connectivity index (χ2v) is 5.90. The summed E-state index contributed by atoms with van der Waals surface area (Å²) in [5.41, 5.74) is -0.743. The molecule has 2 aliphatic heterocycles. The second-order valence-electron chi connectivity index (χ2n) is 5.90. The molecular formula is C15H19F3N2O2. The van der Waals surface area contributed by atoms with E-state index in [0.29, 0.717) is 25.5 Å². The van der Waals surface area contributed by atoms with E-state index in [-0.39, 0.29) is 12.0 Å². The molecule has 1 aromatic heterocycles. The van der Waals surface area contributed by atoms with Crippen LogP contribution in [0.4, 0.5) is 19.0 Å². The third-order valence-corrected chi connectivity index (χ3v) is 4.53. The van der Waals surface area contributed by atoms with Crippen molar-refractivity contribution >= 4 is 5.82 Å². The normalized spacial score (nSPS) is 29.8. The maximum Gasteiger partial charge on any atom is 0.417 e. The minimum absolute atomic E-state index is 0.0136. The van der Waals surface area contributed by atoms with Gasteiger partial charge in [0, 0.05) is 31.3 Å². The highest BCUT2D eigenvalue weighted by atomic mass is 19.4. The number of rotatable bonds is 2. The zero-order chi connectivity index (χ0) is 15.7. The summed E-state index contributed by atoms with van der Waals surface area (Å²) in [6.07, 6.45) is -1.48. The van der Waals surface area contributed by atoms with Crippen molar-refractivity contribution in [2.75, 3.05) is 24.7 Å². The van der Waals surface area contributed by atoms with Crippen molar-refractivity contribution < 1.29 is 23.0 Å². The van der Waals surface area contributed by atoms with E-state index in [1.165, 1.54) is 6.07 Å². The molecule has 4 nitrogen and oxygen atoms in total. The lowest BCUT2D eigenvalue weighted by atomic mass is 9.89. The molecular weight excluding hydrogens is 297 g/mol. The predicted octanol–water partition coefficient (Wildman–Crippen LogP) is 2.47. The molecule has 122 valence electrons.